The number of thiocarbonyl (C=S) groups is 1. The van der Waals surface area contributed by atoms with Crippen molar-refractivity contribution in [2.75, 3.05) is 26.2 Å². The number of benzene rings is 1. The van der Waals surface area contributed by atoms with Gasteiger partial charge < -0.3 is 15.6 Å². The Morgan fingerprint density at radius 3 is 2.89 bits per heavy atom. The summed E-state index contributed by atoms with van der Waals surface area (Å²) in [5.41, 5.74) is 5.86. The molecule has 5 heteroatoms. The van der Waals surface area contributed by atoms with Crippen LogP contribution in [0.5, 0.6) is 5.75 Å². The lowest BCUT2D eigenvalue weighted by Gasteiger charge is -2.19. The average Bonchev–Trinajstić information content (AvgIpc) is 2.69. The van der Waals surface area contributed by atoms with E-state index in [2.05, 4.69) is 4.90 Å². The first kappa shape index (κ1) is 14.2. The Morgan fingerprint density at radius 2 is 2.26 bits per heavy atom. The van der Waals surface area contributed by atoms with Crippen molar-refractivity contribution in [1.82, 2.24) is 4.90 Å². The van der Waals surface area contributed by atoms with Gasteiger partial charge in [-0.25, -0.2) is 0 Å². The third-order valence-corrected chi connectivity index (χ3v) is 3.57. The summed E-state index contributed by atoms with van der Waals surface area (Å²) < 4.78 is 5.74. The minimum Gasteiger partial charge on any atom is -0.492 e. The van der Waals surface area contributed by atoms with Crippen molar-refractivity contribution < 1.29 is 9.84 Å². The first-order valence-electron chi connectivity index (χ1n) is 6.44. The second-order valence-corrected chi connectivity index (χ2v) is 5.67. The van der Waals surface area contributed by atoms with Crippen LogP contribution in [0.25, 0.3) is 0 Å². The highest BCUT2D eigenvalue weighted by Gasteiger charge is 2.30. The molecule has 1 aromatic rings. The predicted octanol–water partition coefficient (Wildman–Crippen LogP) is 1.16. The van der Waals surface area contributed by atoms with Crippen LogP contribution in [-0.2, 0) is 0 Å². The molecule has 1 atom stereocenters. The maximum Gasteiger partial charge on any atom is 0.129 e. The second-order valence-electron chi connectivity index (χ2n) is 5.23. The van der Waals surface area contributed by atoms with Crippen molar-refractivity contribution >= 4 is 17.2 Å². The van der Waals surface area contributed by atoms with Crippen LogP contribution in [0, 0.1) is 0 Å². The van der Waals surface area contributed by atoms with E-state index in [-0.39, 0.29) is 0 Å². The molecular weight excluding hydrogens is 260 g/mol. The average molecular weight is 280 g/mol. The van der Waals surface area contributed by atoms with E-state index in [1.807, 2.05) is 31.2 Å². The molecule has 0 spiro atoms. The summed E-state index contributed by atoms with van der Waals surface area (Å²) in [6.07, 6.45) is 0.816. The molecule has 4 nitrogen and oxygen atoms in total. The smallest absolute Gasteiger partial charge is 0.129 e. The van der Waals surface area contributed by atoms with Crippen molar-refractivity contribution in [3.63, 3.8) is 0 Å². The van der Waals surface area contributed by atoms with Crippen LogP contribution in [0.1, 0.15) is 18.9 Å². The van der Waals surface area contributed by atoms with Gasteiger partial charge in [-0.05, 0) is 25.5 Å². The Labute approximate surface area is 119 Å². The van der Waals surface area contributed by atoms with E-state index in [0.717, 1.165) is 30.8 Å². The number of rotatable bonds is 5. The lowest BCUT2D eigenvalue weighted by Crippen LogP contribution is -2.32. The second kappa shape index (κ2) is 5.86. The molecule has 0 saturated carbocycles. The Kier molecular flexibility index (Phi) is 4.39. The van der Waals surface area contributed by atoms with Crippen LogP contribution in [0.2, 0.25) is 0 Å². The van der Waals surface area contributed by atoms with E-state index in [1.54, 1.807) is 0 Å². The number of hydrogen-bond donors (Lipinski definition) is 2. The largest absolute Gasteiger partial charge is 0.492 e. The third kappa shape index (κ3) is 3.89. The zero-order chi connectivity index (χ0) is 13.9. The van der Waals surface area contributed by atoms with Crippen molar-refractivity contribution in [1.29, 1.82) is 0 Å². The molecule has 19 heavy (non-hydrogen) atoms. The van der Waals surface area contributed by atoms with Gasteiger partial charge in [-0.3, -0.25) is 4.90 Å². The Balaban J connectivity index is 1.85. The molecule has 0 amide bonds. The first-order chi connectivity index (χ1) is 8.98. The molecule has 1 fully saturated rings. The molecule has 3 N–H and O–H groups in total. The van der Waals surface area contributed by atoms with Crippen LogP contribution >= 0.6 is 12.2 Å². The molecule has 0 bridgehead atoms. The fourth-order valence-electron chi connectivity index (χ4n) is 2.31. The number of nitrogens with zero attached hydrogens (tertiary/aromatic N) is 1. The summed E-state index contributed by atoms with van der Waals surface area (Å²) in [6.45, 7) is 4.84. The standard InChI is InChI=1S/C14H20N2O2S/c1-14(17)6-7-16(10-14)8-9-18-12-5-3-2-4-11(12)13(15)19/h2-5,17H,6-10H2,1H3,(H2,15,19). The highest BCUT2D eigenvalue weighted by molar-refractivity contribution is 7.80. The molecule has 1 unspecified atom stereocenters. The zero-order valence-electron chi connectivity index (χ0n) is 11.1. The quantitative estimate of drug-likeness (QED) is 0.793. The van der Waals surface area contributed by atoms with Crippen molar-refractivity contribution in [3.05, 3.63) is 29.8 Å². The van der Waals surface area contributed by atoms with Gasteiger partial charge in [0.15, 0.2) is 0 Å². The van der Waals surface area contributed by atoms with Crippen LogP contribution in [0.4, 0.5) is 0 Å². The van der Waals surface area contributed by atoms with Crippen LogP contribution in [0.3, 0.4) is 0 Å². The van der Waals surface area contributed by atoms with Gasteiger partial charge in [0.1, 0.15) is 17.3 Å². The summed E-state index contributed by atoms with van der Waals surface area (Å²) in [7, 11) is 0. The molecule has 104 valence electrons. The van der Waals surface area contributed by atoms with Gasteiger partial charge in [-0.15, -0.1) is 0 Å². The molecule has 0 radical (unpaired) electrons. The van der Waals surface area contributed by atoms with Gasteiger partial charge in [0, 0.05) is 19.6 Å². The maximum absolute atomic E-state index is 9.88. The molecular formula is C14H20N2O2S. The van der Waals surface area contributed by atoms with E-state index < -0.39 is 5.60 Å². The van der Waals surface area contributed by atoms with Gasteiger partial charge in [-0.1, -0.05) is 24.4 Å². The highest BCUT2D eigenvalue weighted by atomic mass is 32.1. The SMILES string of the molecule is CC1(O)CCN(CCOc2ccccc2C(N)=S)C1. The van der Waals surface area contributed by atoms with E-state index in [1.165, 1.54) is 0 Å². The summed E-state index contributed by atoms with van der Waals surface area (Å²) in [4.78, 5) is 2.54. The third-order valence-electron chi connectivity index (χ3n) is 3.35. The number of aliphatic hydroxyl groups is 1. The van der Waals surface area contributed by atoms with Crippen LogP contribution in [0.15, 0.2) is 24.3 Å². The molecule has 1 aliphatic heterocycles. The molecule has 1 heterocycles. The van der Waals surface area contributed by atoms with Gasteiger partial charge in [0.2, 0.25) is 0 Å². The summed E-state index contributed by atoms with van der Waals surface area (Å²) in [5, 5.41) is 9.88. The predicted molar refractivity (Wildman–Crippen MR) is 79.5 cm³/mol. The Hall–Kier alpha value is -1.17. The highest BCUT2D eigenvalue weighted by Crippen LogP contribution is 2.21. The number of likely N-dealkylation sites (tertiary alicyclic amines) is 1. The molecule has 0 aromatic heterocycles. The summed E-state index contributed by atoms with van der Waals surface area (Å²) in [5.74, 6) is 0.723. The van der Waals surface area contributed by atoms with Gasteiger partial charge >= 0.3 is 0 Å². The van der Waals surface area contributed by atoms with Crippen LogP contribution in [-0.4, -0.2) is 46.8 Å². The van der Waals surface area contributed by atoms with E-state index in [4.69, 9.17) is 22.7 Å². The van der Waals surface area contributed by atoms with Gasteiger partial charge in [0.05, 0.1) is 11.2 Å². The fraction of sp³-hybridized carbons (Fsp3) is 0.500. The number of β-amino-alcohol motifs (C(OH)–C–C–N with tert-alkyl or cyclic N) is 1. The maximum atomic E-state index is 9.88. The van der Waals surface area contributed by atoms with Crippen molar-refractivity contribution in [2.24, 2.45) is 5.73 Å². The lowest BCUT2D eigenvalue weighted by molar-refractivity contribution is 0.0670. The zero-order valence-corrected chi connectivity index (χ0v) is 11.9. The lowest BCUT2D eigenvalue weighted by atomic mass is 10.1. The number of hydrogen-bond acceptors (Lipinski definition) is 4. The number of nitrogens with two attached hydrogens (primary N) is 1. The molecule has 1 saturated heterocycles. The minimum absolute atomic E-state index is 0.347. The first-order valence-corrected chi connectivity index (χ1v) is 6.85. The van der Waals surface area contributed by atoms with E-state index in [9.17, 15) is 5.11 Å². The topological polar surface area (TPSA) is 58.7 Å². The Bertz CT molecular complexity index is 463. The summed E-state index contributed by atoms with van der Waals surface area (Å²) in [6, 6.07) is 7.52. The van der Waals surface area contributed by atoms with Crippen molar-refractivity contribution in [2.45, 2.75) is 18.9 Å². The Morgan fingerprint density at radius 1 is 1.53 bits per heavy atom. The molecule has 2 rings (SSSR count). The van der Waals surface area contributed by atoms with E-state index in [0.29, 0.717) is 18.1 Å². The van der Waals surface area contributed by atoms with E-state index >= 15 is 0 Å². The minimum atomic E-state index is -0.559. The van der Waals surface area contributed by atoms with Gasteiger partial charge in [0.25, 0.3) is 0 Å². The number of ether oxygens (including phenoxy) is 1. The molecule has 1 aliphatic rings. The molecule has 1 aromatic carbocycles. The number of para-hydroxylation sites is 1. The van der Waals surface area contributed by atoms with Gasteiger partial charge in [-0.2, -0.15) is 0 Å². The monoisotopic (exact) mass is 280 g/mol. The molecule has 0 aliphatic carbocycles. The fourth-order valence-corrected chi connectivity index (χ4v) is 2.48. The van der Waals surface area contributed by atoms with Crippen molar-refractivity contribution in [3.8, 4) is 5.75 Å². The normalized spacial score (nSPS) is 23.5. The van der Waals surface area contributed by atoms with Crippen LogP contribution < -0.4 is 10.5 Å². The summed E-state index contributed by atoms with van der Waals surface area (Å²) >= 11 is 4.99.